The van der Waals surface area contributed by atoms with Crippen LogP contribution in [0.25, 0.3) is 21.3 Å². The molecule has 1 N–H and O–H groups in total. The predicted molar refractivity (Wildman–Crippen MR) is 127 cm³/mol. The zero-order valence-corrected chi connectivity index (χ0v) is 19.1. The normalized spacial score (nSPS) is 10.9. The summed E-state index contributed by atoms with van der Waals surface area (Å²) in [5.41, 5.74) is 4.10. The van der Waals surface area contributed by atoms with Crippen LogP contribution < -0.4 is 20.3 Å². The molecule has 164 valence electrons. The molecule has 4 aromatic rings. The minimum Gasteiger partial charge on any atom is -0.493 e. The van der Waals surface area contributed by atoms with Gasteiger partial charge in [-0.25, -0.2) is 4.98 Å². The van der Waals surface area contributed by atoms with Gasteiger partial charge in [-0.15, -0.1) is 11.3 Å². The smallest absolute Gasteiger partial charge is 0.263 e. The lowest BCUT2D eigenvalue weighted by Crippen LogP contribution is -2.28. The van der Waals surface area contributed by atoms with Crippen LogP contribution in [0.5, 0.6) is 11.5 Å². The predicted octanol–water partition coefficient (Wildman–Crippen LogP) is 4.40. The number of carbonyl (C=O) groups excluding carboxylic acids is 1. The number of anilines is 1. The topological polar surface area (TPSA) is 82.5 Å². The van der Waals surface area contributed by atoms with Crippen molar-refractivity contribution in [2.45, 2.75) is 20.4 Å². The van der Waals surface area contributed by atoms with Crippen LogP contribution in [0, 0.1) is 13.8 Å². The van der Waals surface area contributed by atoms with Crippen molar-refractivity contribution in [1.29, 1.82) is 0 Å². The Hall–Kier alpha value is -3.65. The fourth-order valence-corrected chi connectivity index (χ4v) is 4.50. The van der Waals surface area contributed by atoms with Crippen LogP contribution in [0.3, 0.4) is 0 Å². The number of rotatable bonds is 6. The summed E-state index contributed by atoms with van der Waals surface area (Å²) in [7, 11) is 3.14. The van der Waals surface area contributed by atoms with Crippen molar-refractivity contribution in [3.63, 3.8) is 0 Å². The van der Waals surface area contributed by atoms with Crippen molar-refractivity contribution in [2.24, 2.45) is 0 Å². The van der Waals surface area contributed by atoms with Gasteiger partial charge in [0.25, 0.3) is 5.56 Å². The van der Waals surface area contributed by atoms with Crippen LogP contribution in [0.2, 0.25) is 0 Å². The first-order chi connectivity index (χ1) is 15.4. The first kappa shape index (κ1) is 21.6. The molecule has 0 aliphatic carbocycles. The molecule has 32 heavy (non-hydrogen) atoms. The van der Waals surface area contributed by atoms with Crippen molar-refractivity contribution in [2.75, 3.05) is 19.5 Å². The minimum absolute atomic E-state index is 0.129. The molecule has 4 rings (SSSR count). The molecule has 0 atom stereocenters. The van der Waals surface area contributed by atoms with E-state index in [1.54, 1.807) is 20.3 Å². The number of hydrogen-bond acceptors (Lipinski definition) is 6. The SMILES string of the molecule is COc1ccc(-c2csc3ncn(CC(=O)Nc4ccc(C)cc4C)c(=O)c23)cc1OC. The Balaban J connectivity index is 1.67. The summed E-state index contributed by atoms with van der Waals surface area (Å²) in [6, 6.07) is 11.3. The molecule has 0 fully saturated rings. The number of hydrogen-bond donors (Lipinski definition) is 1. The molecule has 2 aromatic carbocycles. The number of thiophene rings is 1. The number of nitrogens with one attached hydrogen (secondary N) is 1. The maximum atomic E-state index is 13.3. The molecular weight excluding hydrogens is 426 g/mol. The molecule has 2 aromatic heterocycles. The number of ether oxygens (including phenoxy) is 2. The van der Waals surface area contributed by atoms with Gasteiger partial charge in [0.2, 0.25) is 5.91 Å². The summed E-state index contributed by atoms with van der Waals surface area (Å²) in [5.74, 6) is 0.888. The van der Waals surface area contributed by atoms with E-state index in [0.29, 0.717) is 21.7 Å². The van der Waals surface area contributed by atoms with Crippen molar-refractivity contribution in [1.82, 2.24) is 9.55 Å². The van der Waals surface area contributed by atoms with Crippen LogP contribution in [0.4, 0.5) is 5.69 Å². The lowest BCUT2D eigenvalue weighted by Gasteiger charge is -2.11. The van der Waals surface area contributed by atoms with E-state index >= 15 is 0 Å². The number of nitrogens with zero attached hydrogens (tertiary/aromatic N) is 2. The van der Waals surface area contributed by atoms with Gasteiger partial charge in [0.15, 0.2) is 11.5 Å². The second-order valence-electron chi connectivity index (χ2n) is 7.44. The summed E-state index contributed by atoms with van der Waals surface area (Å²) in [4.78, 5) is 30.9. The van der Waals surface area contributed by atoms with Crippen LogP contribution in [0.1, 0.15) is 11.1 Å². The highest BCUT2D eigenvalue weighted by atomic mass is 32.1. The van der Waals surface area contributed by atoms with Gasteiger partial charge in [-0.3, -0.25) is 14.2 Å². The molecule has 1 amide bonds. The van der Waals surface area contributed by atoms with Gasteiger partial charge in [0, 0.05) is 16.6 Å². The largest absolute Gasteiger partial charge is 0.493 e. The molecule has 0 bridgehead atoms. The van der Waals surface area contributed by atoms with Gasteiger partial charge in [0.05, 0.1) is 25.9 Å². The summed E-state index contributed by atoms with van der Waals surface area (Å²) in [5, 5.41) is 5.24. The Labute approximate surface area is 189 Å². The number of carbonyl (C=O) groups is 1. The van der Waals surface area contributed by atoms with Gasteiger partial charge in [-0.2, -0.15) is 0 Å². The van der Waals surface area contributed by atoms with E-state index in [2.05, 4.69) is 10.3 Å². The lowest BCUT2D eigenvalue weighted by molar-refractivity contribution is -0.116. The Bertz CT molecular complexity index is 1370. The first-order valence-corrected chi connectivity index (χ1v) is 10.9. The Morgan fingerprint density at radius 1 is 1.09 bits per heavy atom. The fraction of sp³-hybridized carbons (Fsp3) is 0.208. The first-order valence-electron chi connectivity index (χ1n) is 9.97. The monoisotopic (exact) mass is 449 g/mol. The highest BCUT2D eigenvalue weighted by Crippen LogP contribution is 2.36. The molecule has 2 heterocycles. The average Bonchev–Trinajstić information content (AvgIpc) is 3.22. The van der Waals surface area contributed by atoms with Gasteiger partial charge in [0.1, 0.15) is 11.4 Å². The van der Waals surface area contributed by atoms with E-state index < -0.39 is 0 Å². The Morgan fingerprint density at radius 3 is 2.59 bits per heavy atom. The van der Waals surface area contributed by atoms with Crippen LogP contribution in [0.15, 0.2) is 52.9 Å². The maximum absolute atomic E-state index is 13.3. The van der Waals surface area contributed by atoms with E-state index in [1.165, 1.54) is 22.2 Å². The van der Waals surface area contributed by atoms with Gasteiger partial charge >= 0.3 is 0 Å². The molecule has 0 aliphatic heterocycles. The molecule has 7 nitrogen and oxygen atoms in total. The third kappa shape index (κ3) is 4.09. The Kier molecular flexibility index (Phi) is 5.96. The van der Waals surface area contributed by atoms with Gasteiger partial charge in [-0.1, -0.05) is 23.8 Å². The third-order valence-electron chi connectivity index (χ3n) is 5.23. The summed E-state index contributed by atoms with van der Waals surface area (Å²) < 4.78 is 12.0. The quantitative estimate of drug-likeness (QED) is 0.472. The number of aromatic nitrogens is 2. The third-order valence-corrected chi connectivity index (χ3v) is 6.11. The molecular formula is C24H23N3O4S. The van der Waals surface area contributed by atoms with E-state index in [4.69, 9.17) is 9.47 Å². The number of benzene rings is 2. The van der Waals surface area contributed by atoms with Gasteiger partial charge < -0.3 is 14.8 Å². The summed E-state index contributed by atoms with van der Waals surface area (Å²) in [6.45, 7) is 3.80. The summed E-state index contributed by atoms with van der Waals surface area (Å²) >= 11 is 1.38. The number of methoxy groups -OCH3 is 2. The molecule has 0 aliphatic rings. The maximum Gasteiger partial charge on any atom is 0.263 e. The van der Waals surface area contributed by atoms with Crippen molar-refractivity contribution >= 4 is 33.1 Å². The second kappa shape index (κ2) is 8.84. The standard InChI is InChI=1S/C24H23N3O4S/c1-14-5-7-18(15(2)9-14)26-21(28)11-27-13-25-23-22(24(27)29)17(12-32-23)16-6-8-19(30-3)20(10-16)31-4/h5-10,12-13H,11H2,1-4H3,(H,26,28). The van der Waals surface area contributed by atoms with Crippen LogP contribution in [-0.4, -0.2) is 29.7 Å². The molecule has 0 saturated heterocycles. The van der Waals surface area contributed by atoms with Crippen molar-refractivity contribution in [3.05, 3.63) is 69.6 Å². The molecule has 8 heteroatoms. The van der Waals surface area contributed by atoms with Crippen LogP contribution in [-0.2, 0) is 11.3 Å². The van der Waals surface area contributed by atoms with E-state index in [1.807, 2.05) is 49.6 Å². The highest BCUT2D eigenvalue weighted by molar-refractivity contribution is 7.17. The van der Waals surface area contributed by atoms with E-state index in [0.717, 1.165) is 27.9 Å². The second-order valence-corrected chi connectivity index (χ2v) is 8.30. The minimum atomic E-state index is -0.289. The van der Waals surface area contributed by atoms with E-state index in [-0.39, 0.29) is 18.0 Å². The molecule has 0 radical (unpaired) electrons. The van der Waals surface area contributed by atoms with Crippen LogP contribution >= 0.6 is 11.3 Å². The average molecular weight is 450 g/mol. The molecule has 0 saturated carbocycles. The molecule has 0 spiro atoms. The van der Waals surface area contributed by atoms with E-state index in [9.17, 15) is 9.59 Å². The number of aryl methyl sites for hydroxylation is 2. The zero-order valence-electron chi connectivity index (χ0n) is 18.3. The summed E-state index contributed by atoms with van der Waals surface area (Å²) in [6.07, 6.45) is 1.42. The Morgan fingerprint density at radius 2 is 1.88 bits per heavy atom. The molecule has 0 unspecified atom stereocenters. The van der Waals surface area contributed by atoms with Gasteiger partial charge in [-0.05, 0) is 43.2 Å². The number of fused-ring (bicyclic) bond motifs is 1. The number of amides is 1. The van der Waals surface area contributed by atoms with Crippen molar-refractivity contribution < 1.29 is 14.3 Å². The highest BCUT2D eigenvalue weighted by Gasteiger charge is 2.16. The fourth-order valence-electron chi connectivity index (χ4n) is 3.59. The van der Waals surface area contributed by atoms with Crippen molar-refractivity contribution in [3.8, 4) is 22.6 Å². The zero-order chi connectivity index (χ0) is 22.8. The lowest BCUT2D eigenvalue weighted by atomic mass is 10.1.